The van der Waals surface area contributed by atoms with Crippen LogP contribution < -0.4 is 0 Å². The molecular weight excluding hydrogens is 218 g/mol. The number of hydrogen-bond donors (Lipinski definition) is 0. The standard InChI is InChI=1S/C10H10.C7H7N/c1-2-3-7-10-8-5-4-6-9-10;1-2-7-5-3-4-6-8-7/h2-9H,1H2;2-6H,1H2. The van der Waals surface area contributed by atoms with Crippen LogP contribution in [-0.2, 0) is 0 Å². The van der Waals surface area contributed by atoms with Gasteiger partial charge in [0.1, 0.15) is 0 Å². The number of rotatable bonds is 3. The molecule has 1 heterocycles. The van der Waals surface area contributed by atoms with E-state index < -0.39 is 0 Å². The molecule has 0 aliphatic carbocycles. The van der Waals surface area contributed by atoms with E-state index >= 15 is 0 Å². The molecule has 0 unspecified atom stereocenters. The van der Waals surface area contributed by atoms with Crippen molar-refractivity contribution in [2.24, 2.45) is 0 Å². The summed E-state index contributed by atoms with van der Waals surface area (Å²) in [4.78, 5) is 3.98. The van der Waals surface area contributed by atoms with Gasteiger partial charge in [-0.2, -0.15) is 0 Å². The highest BCUT2D eigenvalue weighted by molar-refractivity contribution is 5.50. The van der Waals surface area contributed by atoms with E-state index in [1.165, 1.54) is 5.56 Å². The van der Waals surface area contributed by atoms with E-state index in [4.69, 9.17) is 0 Å². The predicted molar refractivity (Wildman–Crippen MR) is 80.0 cm³/mol. The van der Waals surface area contributed by atoms with Crippen molar-refractivity contribution in [2.75, 3.05) is 0 Å². The largest absolute Gasteiger partial charge is 0.257 e. The molecule has 1 heteroatoms. The van der Waals surface area contributed by atoms with Crippen LogP contribution in [0.5, 0.6) is 0 Å². The first kappa shape index (κ1) is 13.7. The third-order valence-corrected chi connectivity index (χ3v) is 2.12. The Hall–Kier alpha value is -2.41. The van der Waals surface area contributed by atoms with Crippen molar-refractivity contribution >= 4 is 12.2 Å². The summed E-state index contributed by atoms with van der Waals surface area (Å²) in [5, 5.41) is 0. The average Bonchev–Trinajstić information content (AvgIpc) is 2.48. The minimum atomic E-state index is 0.924. The van der Waals surface area contributed by atoms with Crippen LogP contribution in [0.4, 0.5) is 0 Å². The Morgan fingerprint density at radius 3 is 2.11 bits per heavy atom. The average molecular weight is 235 g/mol. The SMILES string of the molecule is C=CC=Cc1ccccc1.C=Cc1ccccn1. The van der Waals surface area contributed by atoms with Gasteiger partial charge < -0.3 is 0 Å². The lowest BCUT2D eigenvalue weighted by molar-refractivity contribution is 1.30. The zero-order valence-electron chi connectivity index (χ0n) is 10.4. The number of pyridine rings is 1. The van der Waals surface area contributed by atoms with E-state index in [1.54, 1.807) is 18.3 Å². The summed E-state index contributed by atoms with van der Waals surface area (Å²) in [6, 6.07) is 15.9. The van der Waals surface area contributed by atoms with Crippen molar-refractivity contribution in [1.29, 1.82) is 0 Å². The molecule has 0 fully saturated rings. The Morgan fingerprint density at radius 2 is 1.61 bits per heavy atom. The molecule has 0 aliphatic heterocycles. The Kier molecular flexibility index (Phi) is 6.61. The molecule has 2 aromatic rings. The molecule has 1 aromatic carbocycles. The van der Waals surface area contributed by atoms with E-state index in [0.29, 0.717) is 0 Å². The molecule has 0 atom stereocenters. The normalized spacial score (nSPS) is 9.33. The molecule has 2 rings (SSSR count). The van der Waals surface area contributed by atoms with Crippen LogP contribution in [0.25, 0.3) is 12.2 Å². The molecule has 0 saturated carbocycles. The Bertz CT molecular complexity index is 484. The van der Waals surface area contributed by atoms with Gasteiger partial charge in [0.15, 0.2) is 0 Å². The highest BCUT2D eigenvalue weighted by Crippen LogP contribution is 1.99. The van der Waals surface area contributed by atoms with Crippen LogP contribution in [0.3, 0.4) is 0 Å². The summed E-state index contributed by atoms with van der Waals surface area (Å²) < 4.78 is 0. The van der Waals surface area contributed by atoms with E-state index in [9.17, 15) is 0 Å². The number of benzene rings is 1. The predicted octanol–water partition coefficient (Wildman–Crippen LogP) is 4.61. The zero-order valence-corrected chi connectivity index (χ0v) is 10.4. The minimum absolute atomic E-state index is 0.924. The molecule has 0 amide bonds. The molecule has 0 spiro atoms. The lowest BCUT2D eigenvalue weighted by atomic mass is 10.2. The highest BCUT2D eigenvalue weighted by atomic mass is 14.6. The monoisotopic (exact) mass is 235 g/mol. The summed E-state index contributed by atoms with van der Waals surface area (Å²) in [6.07, 6.45) is 9.19. The molecule has 0 bridgehead atoms. The summed E-state index contributed by atoms with van der Waals surface area (Å²) in [7, 11) is 0. The maximum Gasteiger partial charge on any atom is 0.0623 e. The molecule has 0 aliphatic rings. The Morgan fingerprint density at radius 1 is 0.889 bits per heavy atom. The second kappa shape index (κ2) is 8.71. The van der Waals surface area contributed by atoms with Crippen molar-refractivity contribution in [3.63, 3.8) is 0 Å². The maximum absolute atomic E-state index is 3.98. The van der Waals surface area contributed by atoms with E-state index in [-0.39, 0.29) is 0 Å². The fourth-order valence-electron chi connectivity index (χ4n) is 1.24. The Balaban J connectivity index is 0.000000184. The second-order valence-corrected chi connectivity index (χ2v) is 3.46. The van der Waals surface area contributed by atoms with Crippen molar-refractivity contribution in [3.8, 4) is 0 Å². The van der Waals surface area contributed by atoms with Gasteiger partial charge in [-0.15, -0.1) is 0 Å². The molecule has 1 aromatic heterocycles. The van der Waals surface area contributed by atoms with E-state index in [2.05, 4.69) is 30.3 Å². The van der Waals surface area contributed by atoms with Gasteiger partial charge in [-0.3, -0.25) is 4.98 Å². The lowest BCUT2D eigenvalue weighted by Crippen LogP contribution is -1.73. The topological polar surface area (TPSA) is 12.9 Å². The van der Waals surface area contributed by atoms with Gasteiger partial charge in [-0.1, -0.05) is 67.8 Å². The molecule has 0 radical (unpaired) electrons. The first-order valence-corrected chi connectivity index (χ1v) is 5.74. The highest BCUT2D eigenvalue weighted by Gasteiger charge is 1.78. The first-order chi connectivity index (χ1) is 8.86. The van der Waals surface area contributed by atoms with Crippen LogP contribution >= 0.6 is 0 Å². The number of allylic oxidation sites excluding steroid dienone is 2. The van der Waals surface area contributed by atoms with Crippen LogP contribution in [0.1, 0.15) is 11.3 Å². The van der Waals surface area contributed by atoms with Gasteiger partial charge in [0.2, 0.25) is 0 Å². The summed E-state index contributed by atoms with van der Waals surface area (Å²) >= 11 is 0. The quantitative estimate of drug-likeness (QED) is 0.708. The van der Waals surface area contributed by atoms with Crippen molar-refractivity contribution in [2.45, 2.75) is 0 Å². The smallest absolute Gasteiger partial charge is 0.0623 e. The lowest BCUT2D eigenvalue weighted by Gasteiger charge is -1.87. The van der Waals surface area contributed by atoms with Gasteiger partial charge in [0.25, 0.3) is 0 Å². The molecular formula is C17H17N. The second-order valence-electron chi connectivity index (χ2n) is 3.46. The van der Waals surface area contributed by atoms with Crippen LogP contribution in [0, 0.1) is 0 Å². The first-order valence-electron chi connectivity index (χ1n) is 5.74. The molecule has 1 nitrogen and oxygen atoms in total. The third kappa shape index (κ3) is 5.61. The van der Waals surface area contributed by atoms with Gasteiger partial charge in [0, 0.05) is 6.20 Å². The van der Waals surface area contributed by atoms with E-state index in [0.717, 1.165) is 5.69 Å². The zero-order chi connectivity index (χ0) is 13.1. The molecule has 90 valence electrons. The number of aromatic nitrogens is 1. The van der Waals surface area contributed by atoms with Crippen molar-refractivity contribution in [3.05, 3.63) is 91.3 Å². The van der Waals surface area contributed by atoms with Crippen LogP contribution in [0.2, 0.25) is 0 Å². The Labute approximate surface area is 109 Å². The van der Waals surface area contributed by atoms with Gasteiger partial charge in [0.05, 0.1) is 5.69 Å². The molecule has 0 saturated heterocycles. The van der Waals surface area contributed by atoms with Gasteiger partial charge in [-0.05, 0) is 23.8 Å². The van der Waals surface area contributed by atoms with Crippen molar-refractivity contribution in [1.82, 2.24) is 4.98 Å². The molecule has 0 N–H and O–H groups in total. The molecule has 18 heavy (non-hydrogen) atoms. The fraction of sp³-hybridized carbons (Fsp3) is 0. The minimum Gasteiger partial charge on any atom is -0.257 e. The van der Waals surface area contributed by atoms with Gasteiger partial charge in [-0.25, -0.2) is 0 Å². The van der Waals surface area contributed by atoms with Crippen molar-refractivity contribution < 1.29 is 0 Å². The summed E-state index contributed by atoms with van der Waals surface area (Å²) in [5.74, 6) is 0. The van der Waals surface area contributed by atoms with Gasteiger partial charge >= 0.3 is 0 Å². The maximum atomic E-state index is 3.98. The third-order valence-electron chi connectivity index (χ3n) is 2.12. The number of hydrogen-bond acceptors (Lipinski definition) is 1. The van der Waals surface area contributed by atoms with Crippen LogP contribution in [-0.4, -0.2) is 4.98 Å². The fourth-order valence-corrected chi connectivity index (χ4v) is 1.24. The number of nitrogens with zero attached hydrogens (tertiary/aromatic N) is 1. The van der Waals surface area contributed by atoms with E-state index in [1.807, 2.05) is 48.6 Å². The summed E-state index contributed by atoms with van der Waals surface area (Å²) in [5.41, 5.74) is 2.13. The summed E-state index contributed by atoms with van der Waals surface area (Å²) in [6.45, 7) is 7.16. The van der Waals surface area contributed by atoms with Crippen LogP contribution in [0.15, 0.2) is 80.0 Å².